The molecule has 5 heteroatoms. The van der Waals surface area contributed by atoms with Crippen molar-refractivity contribution in [2.45, 2.75) is 26.0 Å². The van der Waals surface area contributed by atoms with Gasteiger partial charge in [-0.25, -0.2) is 0 Å². The first-order valence-electron chi connectivity index (χ1n) is 5.96. The Bertz CT molecular complexity index is 381. The van der Waals surface area contributed by atoms with Gasteiger partial charge in [0.25, 0.3) is 0 Å². The Morgan fingerprint density at radius 1 is 1.44 bits per heavy atom. The van der Waals surface area contributed by atoms with Crippen LogP contribution in [-0.2, 0) is 11.4 Å². The van der Waals surface area contributed by atoms with E-state index in [0.29, 0.717) is 30.9 Å². The molecule has 0 heterocycles. The van der Waals surface area contributed by atoms with Gasteiger partial charge >= 0.3 is 5.97 Å². The summed E-state index contributed by atoms with van der Waals surface area (Å²) in [6.45, 7) is 2.66. The number of hydrogen-bond acceptors (Lipinski definition) is 4. The average molecular weight is 253 g/mol. The Morgan fingerprint density at radius 3 is 2.78 bits per heavy atom. The first-order chi connectivity index (χ1) is 8.69. The zero-order valence-corrected chi connectivity index (χ0v) is 10.4. The fourth-order valence-electron chi connectivity index (χ4n) is 1.62. The lowest BCUT2D eigenvalue weighted by molar-refractivity contribution is -0.139. The number of carboxylic acids is 1. The Morgan fingerprint density at radius 2 is 2.17 bits per heavy atom. The minimum Gasteiger partial charge on any atom is -0.493 e. The summed E-state index contributed by atoms with van der Waals surface area (Å²) in [5.41, 5.74) is 0.702. The average Bonchev–Trinajstić information content (AvgIpc) is 2.38. The molecular weight excluding hydrogens is 234 g/mol. The molecule has 0 aliphatic rings. The highest BCUT2D eigenvalue weighted by Gasteiger charge is 2.15. The van der Waals surface area contributed by atoms with Crippen molar-refractivity contribution in [3.8, 4) is 5.75 Å². The van der Waals surface area contributed by atoms with Gasteiger partial charge in [-0.15, -0.1) is 0 Å². The van der Waals surface area contributed by atoms with Crippen LogP contribution in [0.15, 0.2) is 24.3 Å². The maximum atomic E-state index is 10.9. The molecule has 0 radical (unpaired) electrons. The van der Waals surface area contributed by atoms with Gasteiger partial charge in [-0.05, 0) is 12.6 Å². The van der Waals surface area contributed by atoms with Gasteiger partial charge in [-0.3, -0.25) is 4.79 Å². The minimum absolute atomic E-state index is 0.0915. The van der Waals surface area contributed by atoms with Gasteiger partial charge in [-0.2, -0.15) is 0 Å². The molecule has 0 spiro atoms. The van der Waals surface area contributed by atoms with E-state index in [9.17, 15) is 4.79 Å². The first kappa shape index (κ1) is 14.5. The molecule has 1 rings (SSSR count). The first-order valence-corrected chi connectivity index (χ1v) is 5.96. The van der Waals surface area contributed by atoms with Gasteiger partial charge in [0.1, 0.15) is 11.8 Å². The molecule has 1 unspecified atom stereocenters. The molecule has 0 aliphatic carbocycles. The number of para-hydroxylation sites is 1. The van der Waals surface area contributed by atoms with Crippen LogP contribution in [0.4, 0.5) is 0 Å². The number of benzene rings is 1. The van der Waals surface area contributed by atoms with E-state index in [2.05, 4.69) is 5.32 Å². The minimum atomic E-state index is -0.879. The standard InChI is InChI=1S/C13H19NO4/c1-2-14-11(13(16)17)7-8-18-12-6-4-3-5-10(12)9-15/h3-6,11,14-15H,2,7-9H2,1H3,(H,16,17). The Kier molecular flexibility index (Phi) is 6.18. The monoisotopic (exact) mass is 253 g/mol. The van der Waals surface area contributed by atoms with E-state index in [1.807, 2.05) is 19.1 Å². The molecular formula is C13H19NO4. The van der Waals surface area contributed by atoms with Crippen LogP contribution < -0.4 is 10.1 Å². The van der Waals surface area contributed by atoms with Crippen molar-refractivity contribution >= 4 is 5.97 Å². The highest BCUT2D eigenvalue weighted by Crippen LogP contribution is 2.17. The van der Waals surface area contributed by atoms with Crippen LogP contribution in [0, 0.1) is 0 Å². The largest absolute Gasteiger partial charge is 0.493 e. The van der Waals surface area contributed by atoms with Gasteiger partial charge < -0.3 is 20.3 Å². The van der Waals surface area contributed by atoms with E-state index in [1.165, 1.54) is 0 Å². The normalized spacial score (nSPS) is 12.1. The SMILES string of the molecule is CCNC(CCOc1ccccc1CO)C(=O)O. The van der Waals surface area contributed by atoms with E-state index >= 15 is 0 Å². The van der Waals surface area contributed by atoms with E-state index in [-0.39, 0.29) is 6.61 Å². The Labute approximate surface area is 106 Å². The summed E-state index contributed by atoms with van der Waals surface area (Å²) >= 11 is 0. The molecule has 0 bridgehead atoms. The Hall–Kier alpha value is -1.59. The number of ether oxygens (including phenoxy) is 1. The Balaban J connectivity index is 2.47. The number of nitrogens with one attached hydrogen (secondary N) is 1. The number of aliphatic hydroxyl groups is 1. The van der Waals surface area contributed by atoms with Gasteiger partial charge in [0.2, 0.25) is 0 Å². The molecule has 0 saturated heterocycles. The van der Waals surface area contributed by atoms with Crippen molar-refractivity contribution in [2.24, 2.45) is 0 Å². The predicted molar refractivity (Wildman–Crippen MR) is 67.6 cm³/mol. The molecule has 3 N–H and O–H groups in total. The van der Waals surface area contributed by atoms with Crippen LogP contribution in [0.2, 0.25) is 0 Å². The molecule has 0 fully saturated rings. The van der Waals surface area contributed by atoms with E-state index < -0.39 is 12.0 Å². The summed E-state index contributed by atoms with van der Waals surface area (Å²) in [6, 6.07) is 6.56. The number of carbonyl (C=O) groups is 1. The molecule has 100 valence electrons. The van der Waals surface area contributed by atoms with Crippen molar-refractivity contribution in [2.75, 3.05) is 13.2 Å². The van der Waals surface area contributed by atoms with Gasteiger partial charge in [0.05, 0.1) is 13.2 Å². The smallest absolute Gasteiger partial charge is 0.320 e. The molecule has 5 nitrogen and oxygen atoms in total. The van der Waals surface area contributed by atoms with Crippen LogP contribution in [-0.4, -0.2) is 35.4 Å². The predicted octanol–water partition coefficient (Wildman–Crippen LogP) is 1.01. The molecule has 0 aromatic heterocycles. The highest BCUT2D eigenvalue weighted by molar-refractivity contribution is 5.73. The highest BCUT2D eigenvalue weighted by atomic mass is 16.5. The lowest BCUT2D eigenvalue weighted by atomic mass is 10.2. The van der Waals surface area contributed by atoms with E-state index in [0.717, 1.165) is 0 Å². The lowest BCUT2D eigenvalue weighted by Gasteiger charge is -2.14. The second kappa shape index (κ2) is 7.68. The third kappa shape index (κ3) is 4.35. The van der Waals surface area contributed by atoms with Crippen molar-refractivity contribution in [3.05, 3.63) is 29.8 Å². The van der Waals surface area contributed by atoms with Crippen molar-refractivity contribution in [3.63, 3.8) is 0 Å². The van der Waals surface area contributed by atoms with E-state index in [1.54, 1.807) is 12.1 Å². The van der Waals surface area contributed by atoms with Crippen LogP contribution in [0.1, 0.15) is 18.9 Å². The summed E-state index contributed by atoms with van der Waals surface area (Å²) in [7, 11) is 0. The number of hydrogen-bond donors (Lipinski definition) is 3. The molecule has 18 heavy (non-hydrogen) atoms. The summed E-state index contributed by atoms with van der Waals surface area (Å²) in [5, 5.41) is 20.9. The summed E-state index contributed by atoms with van der Waals surface area (Å²) in [6.07, 6.45) is 0.378. The van der Waals surface area contributed by atoms with Crippen molar-refractivity contribution in [1.29, 1.82) is 0 Å². The van der Waals surface area contributed by atoms with Crippen LogP contribution in [0.25, 0.3) is 0 Å². The summed E-state index contributed by atoms with van der Waals surface area (Å²) in [4.78, 5) is 10.9. The van der Waals surface area contributed by atoms with Crippen molar-refractivity contribution in [1.82, 2.24) is 5.32 Å². The summed E-state index contributed by atoms with van der Waals surface area (Å²) in [5.74, 6) is -0.281. The second-order valence-corrected chi connectivity index (χ2v) is 3.85. The fraction of sp³-hybridized carbons (Fsp3) is 0.462. The molecule has 1 atom stereocenters. The third-order valence-electron chi connectivity index (χ3n) is 2.56. The van der Waals surface area contributed by atoms with Crippen LogP contribution in [0.5, 0.6) is 5.75 Å². The molecule has 0 aliphatic heterocycles. The second-order valence-electron chi connectivity index (χ2n) is 3.85. The quantitative estimate of drug-likeness (QED) is 0.644. The van der Waals surface area contributed by atoms with Crippen LogP contribution >= 0.6 is 0 Å². The van der Waals surface area contributed by atoms with Crippen LogP contribution in [0.3, 0.4) is 0 Å². The lowest BCUT2D eigenvalue weighted by Crippen LogP contribution is -2.37. The maximum absolute atomic E-state index is 10.9. The molecule has 0 saturated carbocycles. The molecule has 0 amide bonds. The zero-order chi connectivity index (χ0) is 13.4. The third-order valence-corrected chi connectivity index (χ3v) is 2.56. The maximum Gasteiger partial charge on any atom is 0.320 e. The number of rotatable bonds is 8. The number of likely N-dealkylation sites (N-methyl/N-ethyl adjacent to an activating group) is 1. The molecule has 1 aromatic rings. The topological polar surface area (TPSA) is 78.8 Å². The number of aliphatic carboxylic acids is 1. The van der Waals surface area contributed by atoms with Crippen molar-refractivity contribution < 1.29 is 19.7 Å². The van der Waals surface area contributed by atoms with Gasteiger partial charge in [0, 0.05) is 12.0 Å². The van der Waals surface area contributed by atoms with Gasteiger partial charge in [0.15, 0.2) is 0 Å². The zero-order valence-electron chi connectivity index (χ0n) is 10.4. The molecule has 1 aromatic carbocycles. The fourth-order valence-corrected chi connectivity index (χ4v) is 1.62. The van der Waals surface area contributed by atoms with E-state index in [4.69, 9.17) is 14.9 Å². The number of aliphatic hydroxyl groups excluding tert-OH is 1. The summed E-state index contributed by atoms with van der Waals surface area (Å²) < 4.78 is 5.49. The van der Waals surface area contributed by atoms with Gasteiger partial charge in [-0.1, -0.05) is 25.1 Å². The number of carboxylic acid groups (broad SMARTS) is 1.